The lowest BCUT2D eigenvalue weighted by molar-refractivity contribution is -0.255. The number of rotatable bonds is 6. The van der Waals surface area contributed by atoms with Crippen molar-refractivity contribution in [3.8, 4) is 0 Å². The van der Waals surface area contributed by atoms with Gasteiger partial charge < -0.3 is 15.2 Å². The molecule has 2 N–H and O–H groups in total. The number of carbonyl (C=O) groups is 1. The predicted octanol–water partition coefficient (Wildman–Crippen LogP) is 2.54. The number of anilines is 3. The van der Waals surface area contributed by atoms with Crippen LogP contribution in [0.15, 0.2) is 83.8 Å². The molecule has 4 aromatic rings. The molecular weight excluding hydrogens is 404 g/mol. The van der Waals surface area contributed by atoms with Gasteiger partial charge >= 0.3 is 0 Å². The fourth-order valence-corrected chi connectivity index (χ4v) is 3.84. The van der Waals surface area contributed by atoms with Crippen LogP contribution in [0.5, 0.6) is 0 Å². The van der Waals surface area contributed by atoms with Gasteiger partial charge in [0.1, 0.15) is 0 Å². The van der Waals surface area contributed by atoms with E-state index in [1.807, 2.05) is 0 Å². The molecule has 0 radical (unpaired) electrons. The van der Waals surface area contributed by atoms with Gasteiger partial charge in [-0.3, -0.25) is 4.72 Å². The first-order valence-corrected chi connectivity index (χ1v) is 10.3. The number of carboxylic acid groups (broad SMARTS) is 1. The SMILES string of the molecule is O=C([O-])c1cccc(Nc2nc3ccccc3nc2NS(=O)(=O)c2ccccc2)c1. The smallest absolute Gasteiger partial charge is 0.263 e. The zero-order chi connectivity index (χ0) is 21.1. The first-order valence-electron chi connectivity index (χ1n) is 8.85. The van der Waals surface area contributed by atoms with Gasteiger partial charge in [-0.05, 0) is 42.0 Å². The summed E-state index contributed by atoms with van der Waals surface area (Å²) in [6, 6.07) is 20.8. The third-order valence-corrected chi connectivity index (χ3v) is 5.57. The van der Waals surface area contributed by atoms with Gasteiger partial charge in [0.15, 0.2) is 11.6 Å². The second-order valence-corrected chi connectivity index (χ2v) is 8.00. The van der Waals surface area contributed by atoms with Gasteiger partial charge in [-0.1, -0.05) is 42.5 Å². The molecule has 0 aliphatic carbocycles. The molecule has 30 heavy (non-hydrogen) atoms. The van der Waals surface area contributed by atoms with E-state index in [1.54, 1.807) is 48.5 Å². The van der Waals surface area contributed by atoms with E-state index in [2.05, 4.69) is 20.0 Å². The molecule has 0 amide bonds. The predicted molar refractivity (Wildman–Crippen MR) is 111 cm³/mol. The van der Waals surface area contributed by atoms with E-state index in [9.17, 15) is 18.3 Å². The number of nitrogens with zero attached hydrogens (tertiary/aromatic N) is 2. The van der Waals surface area contributed by atoms with Gasteiger partial charge in [0.05, 0.1) is 21.9 Å². The topological polar surface area (TPSA) is 124 Å². The summed E-state index contributed by atoms with van der Waals surface area (Å²) < 4.78 is 28.0. The van der Waals surface area contributed by atoms with Gasteiger partial charge in [0, 0.05) is 5.69 Å². The zero-order valence-corrected chi connectivity index (χ0v) is 16.3. The summed E-state index contributed by atoms with van der Waals surface area (Å²) in [5.74, 6) is -1.21. The van der Waals surface area contributed by atoms with Gasteiger partial charge in [-0.2, -0.15) is 0 Å². The highest BCUT2D eigenvalue weighted by molar-refractivity contribution is 7.92. The van der Waals surface area contributed by atoms with Crippen LogP contribution in [-0.4, -0.2) is 24.4 Å². The van der Waals surface area contributed by atoms with Gasteiger partial charge in [-0.25, -0.2) is 18.4 Å². The van der Waals surface area contributed by atoms with Crippen LogP contribution >= 0.6 is 0 Å². The van der Waals surface area contributed by atoms with Crippen LogP contribution in [-0.2, 0) is 10.0 Å². The summed E-state index contributed by atoms with van der Waals surface area (Å²) in [5, 5.41) is 14.1. The number of carboxylic acids is 1. The molecule has 0 aliphatic heterocycles. The average Bonchev–Trinajstić information content (AvgIpc) is 2.75. The van der Waals surface area contributed by atoms with Crippen LogP contribution in [0.2, 0.25) is 0 Å². The molecule has 0 atom stereocenters. The molecule has 0 bridgehead atoms. The molecule has 3 aromatic carbocycles. The quantitative estimate of drug-likeness (QED) is 0.492. The standard InChI is InChI=1S/C21H16N4O4S/c26-21(27)14-7-6-8-15(13-14)22-19-20(24-18-12-5-4-11-17(18)23-19)25-30(28,29)16-9-2-1-3-10-16/h1-13H,(H,22,23)(H,24,25)(H,26,27)/p-1. The molecule has 0 fully saturated rings. The normalized spacial score (nSPS) is 11.2. The monoisotopic (exact) mass is 419 g/mol. The molecule has 1 heterocycles. The van der Waals surface area contributed by atoms with E-state index >= 15 is 0 Å². The van der Waals surface area contributed by atoms with E-state index in [4.69, 9.17) is 0 Å². The lowest BCUT2D eigenvalue weighted by Gasteiger charge is -2.14. The minimum atomic E-state index is -3.91. The Morgan fingerprint density at radius 1 is 0.800 bits per heavy atom. The van der Waals surface area contributed by atoms with E-state index in [-0.39, 0.29) is 22.1 Å². The van der Waals surface area contributed by atoms with Crippen molar-refractivity contribution in [2.75, 3.05) is 10.0 Å². The fourth-order valence-electron chi connectivity index (χ4n) is 2.80. The number of carbonyl (C=O) groups excluding carboxylic acids is 1. The Morgan fingerprint density at radius 2 is 1.43 bits per heavy atom. The minimum absolute atomic E-state index is 0.0172. The van der Waals surface area contributed by atoms with Crippen LogP contribution < -0.4 is 15.1 Å². The van der Waals surface area contributed by atoms with Gasteiger partial charge in [-0.15, -0.1) is 0 Å². The van der Waals surface area contributed by atoms with Crippen molar-refractivity contribution < 1.29 is 18.3 Å². The Balaban J connectivity index is 1.78. The third-order valence-electron chi connectivity index (χ3n) is 4.22. The molecule has 0 aliphatic rings. The van der Waals surface area contributed by atoms with Crippen LogP contribution in [0.4, 0.5) is 17.3 Å². The average molecular weight is 419 g/mol. The number of aromatic carboxylic acids is 1. The number of aromatic nitrogens is 2. The molecule has 0 saturated heterocycles. The van der Waals surface area contributed by atoms with Crippen molar-refractivity contribution in [2.45, 2.75) is 4.90 Å². The molecule has 8 nitrogen and oxygen atoms in total. The highest BCUT2D eigenvalue weighted by Crippen LogP contribution is 2.27. The van der Waals surface area contributed by atoms with Crippen molar-refractivity contribution in [2.24, 2.45) is 0 Å². The van der Waals surface area contributed by atoms with E-state index in [0.29, 0.717) is 16.7 Å². The molecule has 0 unspecified atom stereocenters. The maximum absolute atomic E-state index is 12.8. The Kier molecular flexibility index (Phi) is 5.03. The maximum atomic E-state index is 12.8. The Hall–Kier alpha value is -3.98. The van der Waals surface area contributed by atoms with E-state index in [1.165, 1.54) is 30.3 Å². The van der Waals surface area contributed by atoms with Crippen molar-refractivity contribution >= 4 is 44.3 Å². The first kappa shape index (κ1) is 19.3. The second kappa shape index (κ2) is 7.80. The molecule has 1 aromatic heterocycles. The van der Waals surface area contributed by atoms with Crippen molar-refractivity contribution in [1.29, 1.82) is 0 Å². The Labute approximate surface area is 172 Å². The summed E-state index contributed by atoms with van der Waals surface area (Å²) in [5.41, 5.74) is 1.40. The summed E-state index contributed by atoms with van der Waals surface area (Å²) >= 11 is 0. The number of para-hydroxylation sites is 2. The summed E-state index contributed by atoms with van der Waals surface area (Å²) in [6.45, 7) is 0. The van der Waals surface area contributed by atoms with Crippen LogP contribution in [0.1, 0.15) is 10.4 Å². The number of hydrogen-bond donors (Lipinski definition) is 2. The van der Waals surface area contributed by atoms with Crippen molar-refractivity contribution in [3.05, 3.63) is 84.4 Å². The number of hydrogen-bond acceptors (Lipinski definition) is 7. The van der Waals surface area contributed by atoms with Crippen molar-refractivity contribution in [3.63, 3.8) is 0 Å². The number of sulfonamides is 1. The molecule has 150 valence electrons. The van der Waals surface area contributed by atoms with E-state index < -0.39 is 16.0 Å². The molecule has 0 spiro atoms. The highest BCUT2D eigenvalue weighted by Gasteiger charge is 2.18. The molecular formula is C21H15N4O4S-. The lowest BCUT2D eigenvalue weighted by atomic mass is 10.2. The lowest BCUT2D eigenvalue weighted by Crippen LogP contribution is -2.22. The largest absolute Gasteiger partial charge is 0.545 e. The van der Waals surface area contributed by atoms with Crippen LogP contribution in [0.25, 0.3) is 11.0 Å². The zero-order valence-electron chi connectivity index (χ0n) is 15.4. The minimum Gasteiger partial charge on any atom is -0.545 e. The summed E-state index contributed by atoms with van der Waals surface area (Å²) in [4.78, 5) is 20.1. The van der Waals surface area contributed by atoms with E-state index in [0.717, 1.165) is 0 Å². The van der Waals surface area contributed by atoms with Gasteiger partial charge in [0.2, 0.25) is 0 Å². The number of benzene rings is 3. The van der Waals surface area contributed by atoms with Crippen LogP contribution in [0, 0.1) is 0 Å². The fraction of sp³-hybridized carbons (Fsp3) is 0. The molecule has 4 rings (SSSR count). The number of fused-ring (bicyclic) bond motifs is 1. The molecule has 0 saturated carbocycles. The Morgan fingerprint density at radius 3 is 2.10 bits per heavy atom. The third kappa shape index (κ3) is 4.06. The Bertz CT molecular complexity index is 1340. The summed E-state index contributed by atoms with van der Waals surface area (Å²) in [6.07, 6.45) is 0. The second-order valence-electron chi connectivity index (χ2n) is 6.32. The van der Waals surface area contributed by atoms with Crippen molar-refractivity contribution in [1.82, 2.24) is 9.97 Å². The maximum Gasteiger partial charge on any atom is 0.263 e. The van der Waals surface area contributed by atoms with Crippen LogP contribution in [0.3, 0.4) is 0 Å². The highest BCUT2D eigenvalue weighted by atomic mass is 32.2. The summed E-state index contributed by atoms with van der Waals surface area (Å²) in [7, 11) is -3.91. The number of nitrogens with one attached hydrogen (secondary N) is 2. The first-order chi connectivity index (χ1) is 14.4. The van der Waals surface area contributed by atoms with Gasteiger partial charge in [0.25, 0.3) is 10.0 Å². The molecule has 9 heteroatoms.